The van der Waals surface area contributed by atoms with Gasteiger partial charge in [0.2, 0.25) is 11.8 Å². The van der Waals surface area contributed by atoms with Crippen LogP contribution in [0, 0.1) is 11.3 Å². The van der Waals surface area contributed by atoms with Crippen LogP contribution in [0.2, 0.25) is 0 Å². The first-order valence-electron chi connectivity index (χ1n) is 7.54. The molecule has 0 radical (unpaired) electrons. The fourth-order valence-corrected chi connectivity index (χ4v) is 2.19. The summed E-state index contributed by atoms with van der Waals surface area (Å²) in [6.45, 7) is 2.16. The minimum Gasteiger partial charge on any atom is -0.352 e. The molecular formula is C18H18N4O2. The smallest absolute Gasteiger partial charge is 0.223 e. The predicted octanol–water partition coefficient (Wildman–Crippen LogP) is 2.01. The Morgan fingerprint density at radius 2 is 1.83 bits per heavy atom. The second-order valence-electron chi connectivity index (χ2n) is 5.21. The molecule has 0 bridgehead atoms. The lowest BCUT2D eigenvalue weighted by Crippen LogP contribution is -2.33. The highest BCUT2D eigenvalue weighted by molar-refractivity contribution is 5.92. The Morgan fingerprint density at radius 3 is 2.42 bits per heavy atom. The molecular weight excluding hydrogens is 304 g/mol. The SMILES string of the molecule is CC(=O)N(CCC(=O)NCc1ccncc1)c1ccc(C#N)cc1. The number of pyridine rings is 1. The molecule has 0 saturated heterocycles. The number of carbonyl (C=O) groups excluding carboxylic acids is 2. The minimum absolute atomic E-state index is 0.133. The Kier molecular flexibility index (Phi) is 6.03. The first-order chi connectivity index (χ1) is 11.6. The van der Waals surface area contributed by atoms with Crippen molar-refractivity contribution in [3.05, 3.63) is 59.9 Å². The van der Waals surface area contributed by atoms with Gasteiger partial charge in [0.15, 0.2) is 0 Å². The highest BCUT2D eigenvalue weighted by Gasteiger charge is 2.13. The van der Waals surface area contributed by atoms with E-state index in [1.165, 1.54) is 11.8 Å². The summed E-state index contributed by atoms with van der Waals surface area (Å²) in [5.41, 5.74) is 2.16. The van der Waals surface area contributed by atoms with Gasteiger partial charge in [0.1, 0.15) is 0 Å². The average Bonchev–Trinajstić information content (AvgIpc) is 2.61. The normalized spacial score (nSPS) is 9.83. The van der Waals surface area contributed by atoms with Gasteiger partial charge in [-0.25, -0.2) is 0 Å². The number of nitriles is 1. The van der Waals surface area contributed by atoms with Gasteiger partial charge in [-0.2, -0.15) is 5.26 Å². The summed E-state index contributed by atoms with van der Waals surface area (Å²) in [4.78, 5) is 29.2. The zero-order chi connectivity index (χ0) is 17.4. The highest BCUT2D eigenvalue weighted by atomic mass is 16.2. The third-order valence-corrected chi connectivity index (χ3v) is 3.49. The molecule has 0 unspecified atom stereocenters. The highest BCUT2D eigenvalue weighted by Crippen LogP contribution is 2.15. The van der Waals surface area contributed by atoms with Crippen molar-refractivity contribution in [1.82, 2.24) is 10.3 Å². The third kappa shape index (κ3) is 4.92. The molecule has 0 fully saturated rings. The second-order valence-corrected chi connectivity index (χ2v) is 5.21. The van der Waals surface area contributed by atoms with E-state index in [4.69, 9.17) is 5.26 Å². The Hall–Kier alpha value is -3.20. The number of rotatable bonds is 6. The zero-order valence-electron chi connectivity index (χ0n) is 13.4. The molecule has 2 amide bonds. The molecule has 0 saturated carbocycles. The van der Waals surface area contributed by atoms with E-state index in [1.807, 2.05) is 18.2 Å². The molecule has 1 N–H and O–H groups in total. The maximum Gasteiger partial charge on any atom is 0.223 e. The van der Waals surface area contributed by atoms with Crippen LogP contribution in [-0.4, -0.2) is 23.3 Å². The number of aromatic nitrogens is 1. The topological polar surface area (TPSA) is 86.1 Å². The van der Waals surface area contributed by atoms with Gasteiger partial charge in [0.05, 0.1) is 11.6 Å². The lowest BCUT2D eigenvalue weighted by Gasteiger charge is -2.21. The maximum absolute atomic E-state index is 12.0. The van der Waals surface area contributed by atoms with Crippen LogP contribution in [0.3, 0.4) is 0 Å². The van der Waals surface area contributed by atoms with Crippen LogP contribution in [0.25, 0.3) is 0 Å². The molecule has 0 aliphatic carbocycles. The average molecular weight is 322 g/mol. The molecule has 1 heterocycles. The Bertz CT molecular complexity index is 736. The summed E-state index contributed by atoms with van der Waals surface area (Å²) in [5, 5.41) is 11.6. The van der Waals surface area contributed by atoms with E-state index in [-0.39, 0.29) is 24.8 Å². The lowest BCUT2D eigenvalue weighted by atomic mass is 10.2. The van der Waals surface area contributed by atoms with Crippen molar-refractivity contribution >= 4 is 17.5 Å². The predicted molar refractivity (Wildman–Crippen MR) is 89.9 cm³/mol. The van der Waals surface area contributed by atoms with E-state index < -0.39 is 0 Å². The van der Waals surface area contributed by atoms with E-state index in [0.29, 0.717) is 17.8 Å². The summed E-state index contributed by atoms with van der Waals surface area (Å²) in [6, 6.07) is 12.4. The molecule has 1 aromatic carbocycles. The molecule has 24 heavy (non-hydrogen) atoms. The van der Waals surface area contributed by atoms with Crippen molar-refractivity contribution in [3.8, 4) is 6.07 Å². The van der Waals surface area contributed by atoms with Crippen LogP contribution in [0.15, 0.2) is 48.8 Å². The summed E-state index contributed by atoms with van der Waals surface area (Å²) in [6.07, 6.45) is 3.54. The summed E-state index contributed by atoms with van der Waals surface area (Å²) < 4.78 is 0. The first-order valence-corrected chi connectivity index (χ1v) is 7.54. The van der Waals surface area contributed by atoms with Crippen LogP contribution in [-0.2, 0) is 16.1 Å². The number of nitrogens with zero attached hydrogens (tertiary/aromatic N) is 3. The third-order valence-electron chi connectivity index (χ3n) is 3.49. The van der Waals surface area contributed by atoms with Gasteiger partial charge >= 0.3 is 0 Å². The second kappa shape index (κ2) is 8.44. The molecule has 0 aliphatic heterocycles. The molecule has 6 heteroatoms. The van der Waals surface area contributed by atoms with Crippen molar-refractivity contribution in [1.29, 1.82) is 5.26 Å². The van der Waals surface area contributed by atoms with Gasteiger partial charge in [-0.15, -0.1) is 0 Å². The zero-order valence-corrected chi connectivity index (χ0v) is 13.4. The van der Waals surface area contributed by atoms with Crippen LogP contribution in [0.5, 0.6) is 0 Å². The Balaban J connectivity index is 1.90. The number of nitrogens with one attached hydrogen (secondary N) is 1. The number of anilines is 1. The number of hydrogen-bond donors (Lipinski definition) is 1. The molecule has 2 aromatic rings. The number of carbonyl (C=O) groups is 2. The first kappa shape index (κ1) is 17.2. The largest absolute Gasteiger partial charge is 0.352 e. The monoisotopic (exact) mass is 322 g/mol. The summed E-state index contributed by atoms with van der Waals surface area (Å²) in [5.74, 6) is -0.284. The van der Waals surface area contributed by atoms with Gasteiger partial charge in [-0.3, -0.25) is 14.6 Å². The van der Waals surface area contributed by atoms with E-state index in [0.717, 1.165) is 5.56 Å². The van der Waals surface area contributed by atoms with Crippen molar-refractivity contribution in [3.63, 3.8) is 0 Å². The molecule has 0 spiro atoms. The van der Waals surface area contributed by atoms with Crippen molar-refractivity contribution < 1.29 is 9.59 Å². The van der Waals surface area contributed by atoms with E-state index >= 15 is 0 Å². The van der Waals surface area contributed by atoms with E-state index in [1.54, 1.807) is 36.7 Å². The Morgan fingerprint density at radius 1 is 1.17 bits per heavy atom. The number of benzene rings is 1. The van der Waals surface area contributed by atoms with Crippen molar-refractivity contribution in [2.24, 2.45) is 0 Å². The fraction of sp³-hybridized carbons (Fsp3) is 0.222. The quantitative estimate of drug-likeness (QED) is 0.881. The molecule has 0 aliphatic rings. The standard InChI is InChI=1S/C18H18N4O2/c1-14(23)22(17-4-2-15(12-19)3-5-17)11-8-18(24)21-13-16-6-9-20-10-7-16/h2-7,9-10H,8,11,13H2,1H3,(H,21,24). The van der Waals surface area contributed by atoms with Gasteiger partial charge in [0, 0.05) is 44.5 Å². The van der Waals surface area contributed by atoms with Crippen molar-refractivity contribution in [2.45, 2.75) is 19.9 Å². The molecule has 2 rings (SSSR count). The molecule has 6 nitrogen and oxygen atoms in total. The number of amides is 2. The van der Waals surface area contributed by atoms with E-state index in [9.17, 15) is 9.59 Å². The van der Waals surface area contributed by atoms with Crippen LogP contribution >= 0.6 is 0 Å². The van der Waals surface area contributed by atoms with Gasteiger partial charge in [-0.1, -0.05) is 0 Å². The van der Waals surface area contributed by atoms with Crippen LogP contribution < -0.4 is 10.2 Å². The maximum atomic E-state index is 12.0. The molecule has 1 aromatic heterocycles. The van der Waals surface area contributed by atoms with Gasteiger partial charge in [0.25, 0.3) is 0 Å². The van der Waals surface area contributed by atoms with Crippen molar-refractivity contribution in [2.75, 3.05) is 11.4 Å². The summed E-state index contributed by atoms with van der Waals surface area (Å²) in [7, 11) is 0. The number of hydrogen-bond acceptors (Lipinski definition) is 4. The Labute approximate surface area is 140 Å². The van der Waals surface area contributed by atoms with Gasteiger partial charge < -0.3 is 10.2 Å². The fourth-order valence-electron chi connectivity index (χ4n) is 2.19. The molecule has 0 atom stereocenters. The lowest BCUT2D eigenvalue weighted by molar-refractivity contribution is -0.121. The van der Waals surface area contributed by atoms with Gasteiger partial charge in [-0.05, 0) is 42.0 Å². The van der Waals surface area contributed by atoms with E-state index in [2.05, 4.69) is 10.3 Å². The molecule has 122 valence electrons. The minimum atomic E-state index is -0.151. The van der Waals surface area contributed by atoms with Crippen LogP contribution in [0.4, 0.5) is 5.69 Å². The van der Waals surface area contributed by atoms with Crippen LogP contribution in [0.1, 0.15) is 24.5 Å². The summed E-state index contributed by atoms with van der Waals surface area (Å²) >= 11 is 0.